The molecule has 0 saturated carbocycles. The Morgan fingerprint density at radius 2 is 1.02 bits per heavy atom. The Balaban J connectivity index is 1.05. The number of aromatic nitrogens is 4. The van der Waals surface area contributed by atoms with Crippen molar-refractivity contribution in [2.75, 3.05) is 0 Å². The summed E-state index contributed by atoms with van der Waals surface area (Å²) in [5.41, 5.74) is 11.3. The molecule has 56 heavy (non-hydrogen) atoms. The number of fused-ring (bicyclic) bond motifs is 13. The monoisotopic (exact) mass is 710 g/mol. The van der Waals surface area contributed by atoms with Crippen LogP contribution in [0.2, 0.25) is 0 Å². The summed E-state index contributed by atoms with van der Waals surface area (Å²) in [6.45, 7) is 0. The molecule has 4 nitrogen and oxygen atoms in total. The van der Waals surface area contributed by atoms with Gasteiger partial charge in [-0.25, -0.2) is 9.97 Å². The van der Waals surface area contributed by atoms with Crippen molar-refractivity contribution < 1.29 is 0 Å². The minimum Gasteiger partial charge on any atom is -0.308 e. The van der Waals surface area contributed by atoms with Gasteiger partial charge >= 0.3 is 0 Å². The zero-order valence-electron chi connectivity index (χ0n) is 30.1. The maximum Gasteiger partial charge on any atom is 0.235 e. The summed E-state index contributed by atoms with van der Waals surface area (Å²) >= 11 is 0. The largest absolute Gasteiger partial charge is 0.308 e. The van der Waals surface area contributed by atoms with Gasteiger partial charge in [0, 0.05) is 43.3 Å². The molecule has 0 aliphatic rings. The molecule has 0 radical (unpaired) electrons. The first kappa shape index (κ1) is 29.8. The Kier molecular flexibility index (Phi) is 5.86. The molecule has 0 amide bonds. The Morgan fingerprint density at radius 3 is 1.89 bits per heavy atom. The highest BCUT2D eigenvalue weighted by Gasteiger charge is 2.22. The maximum absolute atomic E-state index is 5.43. The van der Waals surface area contributed by atoms with Gasteiger partial charge in [-0.05, 0) is 69.1 Å². The number of rotatable bonds is 3. The van der Waals surface area contributed by atoms with E-state index in [9.17, 15) is 0 Å². The van der Waals surface area contributed by atoms with Crippen LogP contribution >= 0.6 is 0 Å². The van der Waals surface area contributed by atoms with Gasteiger partial charge in [-0.3, -0.25) is 4.57 Å². The van der Waals surface area contributed by atoms with E-state index in [2.05, 4.69) is 191 Å². The van der Waals surface area contributed by atoms with Crippen LogP contribution in [0.3, 0.4) is 0 Å². The summed E-state index contributed by atoms with van der Waals surface area (Å²) in [6, 6.07) is 65.8. The van der Waals surface area contributed by atoms with Gasteiger partial charge in [-0.15, -0.1) is 0 Å². The van der Waals surface area contributed by atoms with Gasteiger partial charge in [0.25, 0.3) is 0 Å². The second-order valence-electron chi connectivity index (χ2n) is 15.0. The van der Waals surface area contributed by atoms with Crippen LogP contribution in [0.15, 0.2) is 182 Å². The van der Waals surface area contributed by atoms with Crippen LogP contribution in [0.25, 0.3) is 121 Å². The molecular weight excluding hydrogens is 681 g/mol. The fourth-order valence-corrected chi connectivity index (χ4v) is 9.60. The summed E-state index contributed by atoms with van der Waals surface area (Å²) < 4.78 is 4.72. The molecule has 0 unspecified atom stereocenters. The molecule has 0 atom stereocenters. The predicted molar refractivity (Wildman–Crippen MR) is 234 cm³/mol. The third-order valence-corrected chi connectivity index (χ3v) is 12.0. The standard InChI is InChI=1S/C52H30N4/c1-2-13-35-31(11-1)12-9-17-36(35)32-23-25-33(26-24-32)50-40-16-3-6-20-44(40)53-52(54-50)56-46-22-8-5-15-38(46)43-30-42-34(29-48(43)56)27-28-47-49(42)41-19-10-18-39-37-14-4-7-21-45(37)55(47)51(39)41/h1-30H. The molecule has 0 fully saturated rings. The minimum absolute atomic E-state index is 0.663. The first-order valence-corrected chi connectivity index (χ1v) is 19.2. The lowest BCUT2D eigenvalue weighted by Gasteiger charge is -2.13. The molecule has 4 heterocycles. The topological polar surface area (TPSA) is 35.1 Å². The second-order valence-corrected chi connectivity index (χ2v) is 15.0. The van der Waals surface area contributed by atoms with Crippen LogP contribution in [0.5, 0.6) is 0 Å². The molecule has 0 N–H and O–H groups in total. The number of hydrogen-bond donors (Lipinski definition) is 0. The van der Waals surface area contributed by atoms with Gasteiger partial charge in [-0.2, -0.15) is 0 Å². The normalized spacial score (nSPS) is 12.3. The van der Waals surface area contributed by atoms with Gasteiger partial charge in [0.05, 0.1) is 38.8 Å². The van der Waals surface area contributed by atoms with Crippen molar-refractivity contribution >= 4 is 92.3 Å². The number of nitrogens with zero attached hydrogens (tertiary/aromatic N) is 4. The summed E-state index contributed by atoms with van der Waals surface area (Å²) in [4.78, 5) is 10.7. The Bertz CT molecular complexity index is 3750. The van der Waals surface area contributed by atoms with E-state index in [1.54, 1.807) is 0 Å². The van der Waals surface area contributed by atoms with Gasteiger partial charge in [-0.1, -0.05) is 146 Å². The molecule has 9 aromatic carbocycles. The van der Waals surface area contributed by atoms with E-state index in [0.29, 0.717) is 5.95 Å². The van der Waals surface area contributed by atoms with Crippen LogP contribution in [0.4, 0.5) is 0 Å². The molecule has 0 aliphatic carbocycles. The van der Waals surface area contributed by atoms with Crippen molar-refractivity contribution in [1.29, 1.82) is 0 Å². The van der Waals surface area contributed by atoms with E-state index in [1.807, 2.05) is 0 Å². The van der Waals surface area contributed by atoms with E-state index in [-0.39, 0.29) is 0 Å². The fraction of sp³-hybridized carbons (Fsp3) is 0. The van der Waals surface area contributed by atoms with Crippen molar-refractivity contribution in [3.63, 3.8) is 0 Å². The molecule has 13 aromatic rings. The third-order valence-electron chi connectivity index (χ3n) is 12.0. The SMILES string of the molecule is c1ccc2c(-c3ccc(-c4nc(-n5c6ccccc6c6cc7c(ccc8c7c7cccc9c%10ccccc%10n8c97)cc65)nc5ccccc45)cc3)cccc2c1. The molecule has 0 saturated heterocycles. The first-order chi connectivity index (χ1) is 27.8. The third kappa shape index (κ3) is 3.97. The lowest BCUT2D eigenvalue weighted by molar-refractivity contribution is 1.01. The van der Waals surface area contributed by atoms with Crippen LogP contribution in [-0.2, 0) is 0 Å². The minimum atomic E-state index is 0.663. The molecule has 4 aromatic heterocycles. The molecule has 13 rings (SSSR count). The molecular formula is C52H30N4. The quantitative estimate of drug-likeness (QED) is 0.183. The Labute approximate surface area is 320 Å². The second kappa shape index (κ2) is 11.0. The number of hydrogen-bond acceptors (Lipinski definition) is 2. The molecule has 4 heteroatoms. The number of benzene rings is 9. The smallest absolute Gasteiger partial charge is 0.235 e. The van der Waals surface area contributed by atoms with Gasteiger partial charge < -0.3 is 4.40 Å². The average molecular weight is 711 g/mol. The molecule has 0 spiro atoms. The zero-order valence-corrected chi connectivity index (χ0v) is 30.1. The Morgan fingerprint density at radius 1 is 0.357 bits per heavy atom. The lowest BCUT2D eigenvalue weighted by atomic mass is 9.96. The highest BCUT2D eigenvalue weighted by molar-refractivity contribution is 6.30. The van der Waals surface area contributed by atoms with Gasteiger partial charge in [0.2, 0.25) is 5.95 Å². The predicted octanol–water partition coefficient (Wildman–Crippen LogP) is 13.5. The van der Waals surface area contributed by atoms with E-state index in [4.69, 9.17) is 9.97 Å². The van der Waals surface area contributed by atoms with Gasteiger partial charge in [0.1, 0.15) is 0 Å². The molecule has 0 bridgehead atoms. The van der Waals surface area contributed by atoms with Crippen molar-refractivity contribution in [2.24, 2.45) is 0 Å². The number of para-hydroxylation sites is 4. The van der Waals surface area contributed by atoms with E-state index >= 15 is 0 Å². The van der Waals surface area contributed by atoms with Crippen molar-refractivity contribution in [1.82, 2.24) is 18.9 Å². The zero-order chi connectivity index (χ0) is 36.5. The van der Waals surface area contributed by atoms with Crippen LogP contribution < -0.4 is 0 Å². The first-order valence-electron chi connectivity index (χ1n) is 19.2. The highest BCUT2D eigenvalue weighted by Crippen LogP contribution is 2.44. The van der Waals surface area contributed by atoms with Gasteiger partial charge in [0.15, 0.2) is 0 Å². The maximum atomic E-state index is 5.43. The van der Waals surface area contributed by atoms with E-state index in [1.165, 1.54) is 81.5 Å². The van der Waals surface area contributed by atoms with Crippen LogP contribution in [0.1, 0.15) is 0 Å². The fourth-order valence-electron chi connectivity index (χ4n) is 9.60. The summed E-state index contributed by atoms with van der Waals surface area (Å²) in [5.74, 6) is 0.663. The van der Waals surface area contributed by atoms with Crippen molar-refractivity contribution in [3.8, 4) is 28.3 Å². The van der Waals surface area contributed by atoms with Crippen LogP contribution in [-0.4, -0.2) is 18.9 Å². The van der Waals surface area contributed by atoms with Crippen LogP contribution in [0, 0.1) is 0 Å². The van der Waals surface area contributed by atoms with Crippen molar-refractivity contribution in [2.45, 2.75) is 0 Å². The van der Waals surface area contributed by atoms with E-state index in [0.717, 1.165) is 33.2 Å². The summed E-state index contributed by atoms with van der Waals surface area (Å²) in [6.07, 6.45) is 0. The average Bonchev–Trinajstić information content (AvgIpc) is 3.90. The van der Waals surface area contributed by atoms with E-state index < -0.39 is 0 Å². The Hall–Kier alpha value is -7.56. The highest BCUT2D eigenvalue weighted by atomic mass is 15.2. The summed E-state index contributed by atoms with van der Waals surface area (Å²) in [7, 11) is 0. The van der Waals surface area contributed by atoms with Crippen molar-refractivity contribution in [3.05, 3.63) is 182 Å². The lowest BCUT2D eigenvalue weighted by Crippen LogP contribution is -2.03. The summed E-state index contributed by atoms with van der Waals surface area (Å²) in [5, 5.41) is 13.5. The molecule has 0 aliphatic heterocycles. The molecule has 258 valence electrons.